The Labute approximate surface area is 81.3 Å². The number of benzene rings is 1. The molecular formula is C9H9NO3S. The van der Waals surface area contributed by atoms with Gasteiger partial charge in [-0.3, -0.25) is 4.55 Å². The molecule has 0 amide bonds. The highest BCUT2D eigenvalue weighted by molar-refractivity contribution is 7.86. The van der Waals surface area contributed by atoms with Gasteiger partial charge in [0.25, 0.3) is 10.1 Å². The highest BCUT2D eigenvalue weighted by atomic mass is 32.2. The summed E-state index contributed by atoms with van der Waals surface area (Å²) in [6.07, 6.45) is 1.64. The second kappa shape index (κ2) is 2.83. The standard InChI is InChI=1S/C9H9NO3S/c1-6-2-3-8-7(4-5-10-8)9(6)14(11,12)13/h2-5,10H,1H3,(H,11,12,13). The van der Waals surface area contributed by atoms with Crippen molar-refractivity contribution < 1.29 is 13.0 Å². The summed E-state index contributed by atoms with van der Waals surface area (Å²) >= 11 is 0. The van der Waals surface area contributed by atoms with E-state index in [1.807, 2.05) is 0 Å². The van der Waals surface area contributed by atoms with Crippen molar-refractivity contribution in [3.63, 3.8) is 0 Å². The number of fused-ring (bicyclic) bond motifs is 1. The normalized spacial score (nSPS) is 12.1. The third-order valence-corrected chi connectivity index (χ3v) is 3.20. The summed E-state index contributed by atoms with van der Waals surface area (Å²) < 4.78 is 31.3. The van der Waals surface area contributed by atoms with Crippen LogP contribution in [0, 0.1) is 6.92 Å². The monoisotopic (exact) mass is 211 g/mol. The average molecular weight is 211 g/mol. The molecule has 0 bridgehead atoms. The van der Waals surface area contributed by atoms with Gasteiger partial charge in [-0.15, -0.1) is 0 Å². The van der Waals surface area contributed by atoms with Crippen molar-refractivity contribution in [3.05, 3.63) is 30.0 Å². The Morgan fingerprint density at radius 1 is 1.29 bits per heavy atom. The van der Waals surface area contributed by atoms with Gasteiger partial charge in [-0.2, -0.15) is 8.42 Å². The highest BCUT2D eigenvalue weighted by Gasteiger charge is 2.17. The highest BCUT2D eigenvalue weighted by Crippen LogP contribution is 2.25. The summed E-state index contributed by atoms with van der Waals surface area (Å²) in [5, 5.41) is 0.521. The van der Waals surface area contributed by atoms with Gasteiger partial charge < -0.3 is 4.98 Å². The molecule has 0 aliphatic heterocycles. The zero-order valence-electron chi connectivity index (χ0n) is 7.48. The van der Waals surface area contributed by atoms with Crippen LogP contribution in [0.4, 0.5) is 0 Å². The maximum atomic E-state index is 11.1. The minimum Gasteiger partial charge on any atom is -0.361 e. The predicted molar refractivity (Wildman–Crippen MR) is 52.9 cm³/mol. The van der Waals surface area contributed by atoms with Crippen LogP contribution in [0.15, 0.2) is 29.3 Å². The van der Waals surface area contributed by atoms with Crippen molar-refractivity contribution in [3.8, 4) is 0 Å². The molecule has 1 aromatic carbocycles. The lowest BCUT2D eigenvalue weighted by Gasteiger charge is -2.03. The lowest BCUT2D eigenvalue weighted by molar-refractivity contribution is 0.483. The SMILES string of the molecule is Cc1ccc2[nH]ccc2c1S(=O)(=O)O. The number of aryl methyl sites for hydroxylation is 1. The lowest BCUT2D eigenvalue weighted by atomic mass is 10.2. The van der Waals surface area contributed by atoms with Crippen LogP contribution in [0.1, 0.15) is 5.56 Å². The molecule has 2 N–H and O–H groups in total. The summed E-state index contributed by atoms with van der Waals surface area (Å²) in [6, 6.07) is 5.06. The van der Waals surface area contributed by atoms with E-state index in [4.69, 9.17) is 4.55 Å². The fraction of sp³-hybridized carbons (Fsp3) is 0.111. The van der Waals surface area contributed by atoms with Crippen LogP contribution in [-0.2, 0) is 10.1 Å². The molecule has 0 unspecified atom stereocenters. The first-order valence-electron chi connectivity index (χ1n) is 4.04. The summed E-state index contributed by atoms with van der Waals surface area (Å²) in [7, 11) is -4.15. The van der Waals surface area contributed by atoms with Gasteiger partial charge in [-0.1, -0.05) is 6.07 Å². The molecule has 5 heteroatoms. The zero-order valence-corrected chi connectivity index (χ0v) is 8.30. The Morgan fingerprint density at radius 2 is 2.00 bits per heavy atom. The van der Waals surface area contributed by atoms with Crippen LogP contribution in [0.5, 0.6) is 0 Å². The number of aromatic nitrogens is 1. The van der Waals surface area contributed by atoms with Crippen molar-refractivity contribution in [2.24, 2.45) is 0 Å². The first-order chi connectivity index (χ1) is 6.50. The van der Waals surface area contributed by atoms with Gasteiger partial charge in [-0.25, -0.2) is 0 Å². The summed E-state index contributed by atoms with van der Waals surface area (Å²) in [4.78, 5) is 2.87. The smallest absolute Gasteiger partial charge is 0.295 e. The molecule has 14 heavy (non-hydrogen) atoms. The Kier molecular flexibility index (Phi) is 1.87. The summed E-state index contributed by atoms with van der Waals surface area (Å²) in [6.45, 7) is 1.65. The lowest BCUT2D eigenvalue weighted by Crippen LogP contribution is -2.01. The Morgan fingerprint density at radius 3 is 2.64 bits per heavy atom. The number of hydrogen-bond donors (Lipinski definition) is 2. The Bertz CT molecular complexity index is 583. The molecular weight excluding hydrogens is 202 g/mol. The second-order valence-corrected chi connectivity index (χ2v) is 4.48. The molecule has 2 rings (SSSR count). The first-order valence-corrected chi connectivity index (χ1v) is 5.48. The van der Waals surface area contributed by atoms with Crippen LogP contribution in [-0.4, -0.2) is 18.0 Å². The van der Waals surface area contributed by atoms with Gasteiger partial charge in [0.1, 0.15) is 4.90 Å². The van der Waals surface area contributed by atoms with Gasteiger partial charge in [0.2, 0.25) is 0 Å². The Balaban J connectivity index is 2.98. The molecule has 4 nitrogen and oxygen atoms in total. The van der Waals surface area contributed by atoms with Gasteiger partial charge >= 0.3 is 0 Å². The molecule has 0 saturated heterocycles. The van der Waals surface area contributed by atoms with Crippen LogP contribution in [0.2, 0.25) is 0 Å². The number of rotatable bonds is 1. The van der Waals surface area contributed by atoms with Crippen molar-refractivity contribution in [1.82, 2.24) is 4.98 Å². The minimum atomic E-state index is -4.15. The van der Waals surface area contributed by atoms with Gasteiger partial charge in [0, 0.05) is 17.1 Å². The summed E-state index contributed by atoms with van der Waals surface area (Å²) in [5.74, 6) is 0. The van der Waals surface area contributed by atoms with E-state index in [1.165, 1.54) is 0 Å². The third-order valence-electron chi connectivity index (χ3n) is 2.14. The van der Waals surface area contributed by atoms with Crippen molar-refractivity contribution in [2.45, 2.75) is 11.8 Å². The van der Waals surface area contributed by atoms with E-state index in [0.29, 0.717) is 16.5 Å². The maximum absolute atomic E-state index is 11.1. The summed E-state index contributed by atoms with van der Waals surface area (Å²) in [5.41, 5.74) is 1.24. The van der Waals surface area contributed by atoms with Gasteiger partial charge in [0.15, 0.2) is 0 Å². The Hall–Kier alpha value is -1.33. The van der Waals surface area contributed by atoms with E-state index in [1.54, 1.807) is 31.3 Å². The molecule has 0 spiro atoms. The largest absolute Gasteiger partial charge is 0.361 e. The van der Waals surface area contributed by atoms with E-state index in [0.717, 1.165) is 0 Å². The molecule has 0 radical (unpaired) electrons. The second-order valence-electron chi connectivity index (χ2n) is 3.13. The van der Waals surface area contributed by atoms with Crippen molar-refractivity contribution >= 4 is 21.0 Å². The molecule has 0 aliphatic rings. The van der Waals surface area contributed by atoms with Crippen molar-refractivity contribution in [1.29, 1.82) is 0 Å². The molecule has 74 valence electrons. The van der Waals surface area contributed by atoms with Crippen LogP contribution in [0.25, 0.3) is 10.9 Å². The first kappa shape index (κ1) is 9.23. The number of H-pyrrole nitrogens is 1. The number of nitrogens with one attached hydrogen (secondary N) is 1. The van der Waals surface area contributed by atoms with Gasteiger partial charge in [-0.05, 0) is 24.6 Å². The van der Waals surface area contributed by atoms with Crippen molar-refractivity contribution in [2.75, 3.05) is 0 Å². The predicted octanol–water partition coefficient (Wildman–Crippen LogP) is 1.72. The van der Waals surface area contributed by atoms with Gasteiger partial charge in [0.05, 0.1) is 0 Å². The van der Waals surface area contributed by atoms with E-state index < -0.39 is 10.1 Å². The maximum Gasteiger partial charge on any atom is 0.295 e. The third kappa shape index (κ3) is 1.30. The molecule has 0 fully saturated rings. The molecule has 1 aromatic heterocycles. The topological polar surface area (TPSA) is 70.2 Å². The number of aromatic amines is 1. The quantitative estimate of drug-likeness (QED) is 0.705. The molecule has 1 heterocycles. The van der Waals surface area contributed by atoms with Crippen LogP contribution < -0.4 is 0 Å². The average Bonchev–Trinajstić information content (AvgIpc) is 2.48. The molecule has 0 saturated carbocycles. The molecule has 0 aliphatic carbocycles. The van der Waals surface area contributed by atoms with E-state index in [9.17, 15) is 8.42 Å². The van der Waals surface area contributed by atoms with E-state index in [2.05, 4.69) is 4.98 Å². The minimum absolute atomic E-state index is 0.0174. The van der Waals surface area contributed by atoms with Crippen LogP contribution in [0.3, 0.4) is 0 Å². The van der Waals surface area contributed by atoms with Crippen LogP contribution >= 0.6 is 0 Å². The fourth-order valence-corrected chi connectivity index (χ4v) is 2.49. The zero-order chi connectivity index (χ0) is 10.3. The number of hydrogen-bond acceptors (Lipinski definition) is 2. The van der Waals surface area contributed by atoms with E-state index in [-0.39, 0.29) is 4.90 Å². The molecule has 0 atom stereocenters. The van der Waals surface area contributed by atoms with E-state index >= 15 is 0 Å². The fourth-order valence-electron chi connectivity index (χ4n) is 1.56. The molecule has 2 aromatic rings.